The maximum Gasteiger partial charge on any atom is 0.303 e. The van der Waals surface area contributed by atoms with Gasteiger partial charge in [-0.25, -0.2) is 0 Å². The molecule has 7 nitrogen and oxygen atoms in total. The average molecular weight is 394 g/mol. The smallest absolute Gasteiger partial charge is 0.303 e. The van der Waals surface area contributed by atoms with Crippen LogP contribution in [0.4, 0.5) is 0 Å². The third kappa shape index (κ3) is 4.76. The van der Waals surface area contributed by atoms with Crippen molar-refractivity contribution in [2.75, 3.05) is 19.6 Å². The molecule has 2 N–H and O–H groups in total. The van der Waals surface area contributed by atoms with Crippen LogP contribution < -0.4 is 14.9 Å². The van der Waals surface area contributed by atoms with Crippen molar-refractivity contribution in [2.45, 2.75) is 12.8 Å². The number of rotatable bonds is 8. The molecule has 0 aliphatic carbocycles. The Kier molecular flexibility index (Phi) is 6.19. The second-order valence-electron chi connectivity index (χ2n) is 6.34. The minimum absolute atomic E-state index is 0.0372. The van der Waals surface area contributed by atoms with E-state index in [-0.39, 0.29) is 18.7 Å². The summed E-state index contributed by atoms with van der Waals surface area (Å²) in [5.41, 5.74) is 5.64. The summed E-state index contributed by atoms with van der Waals surface area (Å²) in [7, 11) is 3.15. The van der Waals surface area contributed by atoms with E-state index in [4.69, 9.17) is 14.6 Å². The van der Waals surface area contributed by atoms with Gasteiger partial charge in [0.25, 0.3) is 5.91 Å². The zero-order chi connectivity index (χ0) is 20.8. The highest BCUT2D eigenvalue weighted by molar-refractivity contribution is 6.00. The summed E-state index contributed by atoms with van der Waals surface area (Å²) in [5, 5.41) is 9.03. The summed E-state index contributed by atoms with van der Waals surface area (Å²) < 4.78 is 12.0. The number of ether oxygens (including phenoxy) is 2. The number of amides is 1. The van der Waals surface area contributed by atoms with Crippen molar-refractivity contribution in [3.63, 3.8) is 0 Å². The molecule has 1 amide bonds. The van der Waals surface area contributed by atoms with Crippen molar-refractivity contribution in [1.82, 2.24) is 4.68 Å². The first-order valence-electron chi connectivity index (χ1n) is 9.04. The molecule has 0 aliphatic heterocycles. The van der Waals surface area contributed by atoms with Crippen LogP contribution in [0.25, 0.3) is 11.3 Å². The molecule has 0 bridgehead atoms. The monoisotopic (exact) mass is 394 g/mol. The normalized spacial score (nSPS) is 10.4. The van der Waals surface area contributed by atoms with Gasteiger partial charge in [-0.05, 0) is 60.7 Å². The number of nitrogens with zero attached hydrogens (tertiary/aromatic N) is 1. The summed E-state index contributed by atoms with van der Waals surface area (Å²) in [6, 6.07) is 17.8. The van der Waals surface area contributed by atoms with E-state index in [0.29, 0.717) is 17.0 Å². The molecule has 2 aromatic carbocycles. The molecule has 0 radical (unpaired) electrons. The standard InChI is InChI=1S/C22H22N2O5/c1-28-18-9-3-15(4-10-18)20-13-7-17(8-14-21(25)26)24(20)23-22(27)16-5-11-19(29-2)12-6-16/h3-7,9-13H,8,14H2,1-2H3,(H,23,27)(H,25,26). The fraction of sp³-hybridized carbons (Fsp3) is 0.182. The topological polar surface area (TPSA) is 89.8 Å². The molecule has 3 aromatic rings. The summed E-state index contributed by atoms with van der Waals surface area (Å²) >= 11 is 0. The Morgan fingerprint density at radius 1 is 0.897 bits per heavy atom. The Morgan fingerprint density at radius 3 is 2.03 bits per heavy atom. The predicted octanol–water partition coefficient (Wildman–Crippen LogP) is 3.57. The number of carboxylic acid groups (broad SMARTS) is 1. The number of aryl methyl sites for hydroxylation is 1. The van der Waals surface area contributed by atoms with Gasteiger partial charge in [0.1, 0.15) is 11.5 Å². The molecule has 3 rings (SSSR count). The first kappa shape index (κ1) is 20.0. The molecule has 0 aliphatic rings. The number of methoxy groups -OCH3 is 2. The summed E-state index contributed by atoms with van der Waals surface area (Å²) in [5.74, 6) is 0.171. The van der Waals surface area contributed by atoms with Gasteiger partial charge in [-0.2, -0.15) is 0 Å². The van der Waals surface area contributed by atoms with Crippen LogP contribution in [0.3, 0.4) is 0 Å². The lowest BCUT2D eigenvalue weighted by Gasteiger charge is -2.15. The highest BCUT2D eigenvalue weighted by Gasteiger charge is 2.15. The minimum atomic E-state index is -0.898. The van der Waals surface area contributed by atoms with Crippen LogP contribution in [0.1, 0.15) is 22.5 Å². The number of hydrogen-bond donors (Lipinski definition) is 2. The fourth-order valence-corrected chi connectivity index (χ4v) is 2.94. The second kappa shape index (κ2) is 8.97. The molecule has 7 heteroatoms. The number of carbonyl (C=O) groups excluding carboxylic acids is 1. The molecule has 0 fully saturated rings. The van der Waals surface area contributed by atoms with Crippen LogP contribution in [0.15, 0.2) is 60.7 Å². The minimum Gasteiger partial charge on any atom is -0.497 e. The van der Waals surface area contributed by atoms with Gasteiger partial charge in [0, 0.05) is 23.2 Å². The Hall–Kier alpha value is -3.74. The van der Waals surface area contributed by atoms with Gasteiger partial charge in [0.05, 0.1) is 26.3 Å². The summed E-state index contributed by atoms with van der Waals surface area (Å²) in [6.07, 6.45) is 0.249. The molecule has 0 unspecified atom stereocenters. The van der Waals surface area contributed by atoms with Gasteiger partial charge < -0.3 is 14.6 Å². The lowest BCUT2D eigenvalue weighted by atomic mass is 10.1. The van der Waals surface area contributed by atoms with Crippen LogP contribution in [0.2, 0.25) is 0 Å². The maximum absolute atomic E-state index is 12.8. The zero-order valence-electron chi connectivity index (χ0n) is 16.2. The van der Waals surface area contributed by atoms with Gasteiger partial charge in [-0.3, -0.25) is 19.7 Å². The number of aliphatic carboxylic acids is 1. The van der Waals surface area contributed by atoms with Crippen molar-refractivity contribution in [2.24, 2.45) is 0 Å². The van der Waals surface area contributed by atoms with E-state index >= 15 is 0 Å². The van der Waals surface area contributed by atoms with E-state index in [0.717, 1.165) is 17.0 Å². The molecule has 0 saturated heterocycles. The Labute approximate surface area is 168 Å². The largest absolute Gasteiger partial charge is 0.497 e. The lowest BCUT2D eigenvalue weighted by molar-refractivity contribution is -0.136. The van der Waals surface area contributed by atoms with Crippen molar-refractivity contribution in [3.05, 3.63) is 71.9 Å². The van der Waals surface area contributed by atoms with Gasteiger partial charge >= 0.3 is 5.97 Å². The van der Waals surface area contributed by atoms with E-state index in [1.54, 1.807) is 43.2 Å². The highest BCUT2D eigenvalue weighted by Crippen LogP contribution is 2.25. The van der Waals surface area contributed by atoms with E-state index in [9.17, 15) is 9.59 Å². The molecule has 1 heterocycles. The van der Waals surface area contributed by atoms with Crippen molar-refractivity contribution in [1.29, 1.82) is 0 Å². The average Bonchev–Trinajstić information content (AvgIpc) is 3.14. The van der Waals surface area contributed by atoms with Gasteiger partial charge in [0.2, 0.25) is 0 Å². The van der Waals surface area contributed by atoms with E-state index in [1.165, 1.54) is 0 Å². The third-order valence-electron chi connectivity index (χ3n) is 4.51. The molecule has 0 saturated carbocycles. The third-order valence-corrected chi connectivity index (χ3v) is 4.51. The van der Waals surface area contributed by atoms with Gasteiger partial charge in [-0.1, -0.05) is 0 Å². The highest BCUT2D eigenvalue weighted by atomic mass is 16.5. The van der Waals surface area contributed by atoms with Gasteiger partial charge in [0.15, 0.2) is 0 Å². The zero-order valence-corrected chi connectivity index (χ0v) is 16.2. The van der Waals surface area contributed by atoms with Crippen molar-refractivity contribution >= 4 is 11.9 Å². The van der Waals surface area contributed by atoms with Crippen LogP contribution in [0.5, 0.6) is 11.5 Å². The van der Waals surface area contributed by atoms with Crippen LogP contribution in [-0.2, 0) is 11.2 Å². The molecular weight excluding hydrogens is 372 g/mol. The molecule has 29 heavy (non-hydrogen) atoms. The molecular formula is C22H22N2O5. The molecule has 1 aromatic heterocycles. The van der Waals surface area contributed by atoms with Crippen LogP contribution >= 0.6 is 0 Å². The van der Waals surface area contributed by atoms with Crippen LogP contribution in [-0.4, -0.2) is 35.9 Å². The quantitative estimate of drug-likeness (QED) is 0.610. The van der Waals surface area contributed by atoms with Crippen molar-refractivity contribution in [3.8, 4) is 22.8 Å². The number of aromatic nitrogens is 1. The summed E-state index contributed by atoms with van der Waals surface area (Å²) in [4.78, 5) is 23.8. The second-order valence-corrected chi connectivity index (χ2v) is 6.34. The Morgan fingerprint density at radius 2 is 1.48 bits per heavy atom. The van der Waals surface area contributed by atoms with E-state index in [1.807, 2.05) is 36.4 Å². The lowest BCUT2D eigenvalue weighted by Crippen LogP contribution is -2.25. The molecule has 0 atom stereocenters. The Bertz CT molecular complexity index is 991. The molecule has 0 spiro atoms. The Balaban J connectivity index is 1.92. The van der Waals surface area contributed by atoms with E-state index < -0.39 is 5.97 Å². The van der Waals surface area contributed by atoms with Gasteiger partial charge in [-0.15, -0.1) is 0 Å². The first-order valence-corrected chi connectivity index (χ1v) is 9.04. The number of hydrogen-bond acceptors (Lipinski definition) is 4. The van der Waals surface area contributed by atoms with Crippen molar-refractivity contribution < 1.29 is 24.2 Å². The fourth-order valence-electron chi connectivity index (χ4n) is 2.94. The predicted molar refractivity (Wildman–Crippen MR) is 109 cm³/mol. The van der Waals surface area contributed by atoms with E-state index in [2.05, 4.69) is 5.43 Å². The SMILES string of the molecule is COc1ccc(C(=O)Nn2c(CCC(=O)O)ccc2-c2ccc(OC)cc2)cc1. The maximum atomic E-state index is 12.8. The number of benzene rings is 2. The molecule has 150 valence electrons. The number of carbonyl (C=O) groups is 2. The first-order chi connectivity index (χ1) is 14.0. The number of carboxylic acids is 1. The summed E-state index contributed by atoms with van der Waals surface area (Å²) in [6.45, 7) is 0. The van der Waals surface area contributed by atoms with Crippen LogP contribution in [0, 0.1) is 0 Å². The number of nitrogens with one attached hydrogen (secondary N) is 1.